The van der Waals surface area contributed by atoms with Crippen LogP contribution in [0.1, 0.15) is 27.9 Å². The van der Waals surface area contributed by atoms with Gasteiger partial charge in [0.15, 0.2) is 5.78 Å². The Morgan fingerprint density at radius 3 is 2.61 bits per heavy atom. The van der Waals surface area contributed by atoms with E-state index in [-0.39, 0.29) is 24.1 Å². The number of hydrogen-bond acceptors (Lipinski definition) is 3. The molecule has 1 atom stereocenters. The molecule has 2 aromatic carbocycles. The van der Waals surface area contributed by atoms with Crippen molar-refractivity contribution in [3.05, 3.63) is 65.2 Å². The molecule has 122 valence electrons. The smallest absolute Gasteiger partial charge is 0.167 e. The predicted molar refractivity (Wildman–Crippen MR) is 87.3 cm³/mol. The van der Waals surface area contributed by atoms with Crippen LogP contribution in [0, 0.1) is 5.92 Å². The van der Waals surface area contributed by atoms with Gasteiger partial charge in [-0.3, -0.25) is 4.79 Å². The van der Waals surface area contributed by atoms with Crippen molar-refractivity contribution in [2.24, 2.45) is 5.92 Å². The second-order valence-corrected chi connectivity index (χ2v) is 5.88. The fourth-order valence-electron chi connectivity index (χ4n) is 3.03. The SMILES string of the molecule is O=C1c2ccccc2CCC1CNCCc1ccc(O)cc1.[Cl-]. The number of benzene rings is 2. The summed E-state index contributed by atoms with van der Waals surface area (Å²) in [6.45, 7) is 1.58. The molecule has 3 nitrogen and oxygen atoms in total. The quantitative estimate of drug-likeness (QED) is 0.757. The molecule has 1 aliphatic carbocycles. The average molecular weight is 331 g/mol. The molecule has 1 unspecified atom stereocenters. The molecule has 2 aromatic rings. The van der Waals surface area contributed by atoms with Crippen LogP contribution in [0.15, 0.2) is 48.5 Å². The number of phenolic OH excluding ortho intramolecular Hbond substituents is 1. The van der Waals surface area contributed by atoms with E-state index in [1.165, 1.54) is 11.1 Å². The molecule has 4 heteroatoms. The Bertz CT molecular complexity index is 655. The van der Waals surface area contributed by atoms with Gasteiger partial charge < -0.3 is 22.8 Å². The molecule has 0 aromatic heterocycles. The zero-order chi connectivity index (χ0) is 15.4. The lowest BCUT2D eigenvalue weighted by atomic mass is 9.83. The lowest BCUT2D eigenvalue weighted by Gasteiger charge is -2.23. The molecule has 0 saturated carbocycles. The van der Waals surface area contributed by atoms with Crippen molar-refractivity contribution >= 4 is 5.78 Å². The van der Waals surface area contributed by atoms with Gasteiger partial charge in [-0.05, 0) is 49.1 Å². The normalized spacial score (nSPS) is 16.5. The highest BCUT2D eigenvalue weighted by molar-refractivity contribution is 6.00. The summed E-state index contributed by atoms with van der Waals surface area (Å²) in [5.41, 5.74) is 3.28. The molecule has 23 heavy (non-hydrogen) atoms. The Balaban J connectivity index is 0.00000192. The van der Waals surface area contributed by atoms with Crippen molar-refractivity contribution in [2.45, 2.75) is 19.3 Å². The Labute approximate surface area is 143 Å². The van der Waals surface area contributed by atoms with Gasteiger partial charge >= 0.3 is 0 Å². The standard InChI is InChI=1S/C19H21NO2.ClH/c21-17-9-5-14(6-10-17)11-12-20-13-16-8-7-15-3-1-2-4-18(15)19(16)22;/h1-6,9-10,16,20-21H,7-8,11-13H2;1H/p-1. The van der Waals surface area contributed by atoms with E-state index >= 15 is 0 Å². The first-order valence-corrected chi connectivity index (χ1v) is 7.85. The fraction of sp³-hybridized carbons (Fsp3) is 0.316. The molecular weight excluding hydrogens is 310 g/mol. The van der Waals surface area contributed by atoms with Crippen LogP contribution in [-0.4, -0.2) is 24.0 Å². The van der Waals surface area contributed by atoms with Crippen LogP contribution in [-0.2, 0) is 12.8 Å². The summed E-state index contributed by atoms with van der Waals surface area (Å²) in [6.07, 6.45) is 2.83. The number of nitrogens with one attached hydrogen (secondary N) is 1. The van der Waals surface area contributed by atoms with Crippen molar-refractivity contribution in [1.82, 2.24) is 5.32 Å². The second kappa shape index (κ2) is 8.14. The number of phenols is 1. The molecule has 2 N–H and O–H groups in total. The number of aryl methyl sites for hydroxylation is 1. The maximum Gasteiger partial charge on any atom is 0.167 e. The summed E-state index contributed by atoms with van der Waals surface area (Å²) >= 11 is 0. The van der Waals surface area contributed by atoms with Gasteiger partial charge in [-0.15, -0.1) is 0 Å². The van der Waals surface area contributed by atoms with Crippen LogP contribution < -0.4 is 17.7 Å². The van der Waals surface area contributed by atoms with E-state index in [4.69, 9.17) is 0 Å². The largest absolute Gasteiger partial charge is 1.00 e. The molecule has 0 spiro atoms. The summed E-state index contributed by atoms with van der Waals surface area (Å²) < 4.78 is 0. The van der Waals surface area contributed by atoms with E-state index < -0.39 is 0 Å². The number of carbonyl (C=O) groups is 1. The average Bonchev–Trinajstić information content (AvgIpc) is 2.55. The van der Waals surface area contributed by atoms with Crippen molar-refractivity contribution in [3.63, 3.8) is 0 Å². The minimum Gasteiger partial charge on any atom is -1.00 e. The first kappa shape index (κ1) is 17.5. The van der Waals surface area contributed by atoms with Crippen LogP contribution in [0.5, 0.6) is 5.75 Å². The third-order valence-electron chi connectivity index (χ3n) is 4.33. The topological polar surface area (TPSA) is 49.3 Å². The van der Waals surface area contributed by atoms with Gasteiger partial charge in [-0.25, -0.2) is 0 Å². The first-order chi connectivity index (χ1) is 10.7. The van der Waals surface area contributed by atoms with Gasteiger partial charge in [0.05, 0.1) is 0 Å². The maximum absolute atomic E-state index is 12.5. The number of hydrogen-bond donors (Lipinski definition) is 2. The first-order valence-electron chi connectivity index (χ1n) is 7.85. The van der Waals surface area contributed by atoms with E-state index in [0.717, 1.165) is 37.9 Å². The van der Waals surface area contributed by atoms with Crippen LogP contribution in [0.4, 0.5) is 0 Å². The second-order valence-electron chi connectivity index (χ2n) is 5.88. The summed E-state index contributed by atoms with van der Waals surface area (Å²) in [4.78, 5) is 12.5. The number of aromatic hydroxyl groups is 1. The zero-order valence-corrected chi connectivity index (χ0v) is 13.7. The van der Waals surface area contributed by atoms with E-state index in [9.17, 15) is 9.90 Å². The summed E-state index contributed by atoms with van der Waals surface area (Å²) in [6, 6.07) is 15.2. The third-order valence-corrected chi connectivity index (χ3v) is 4.33. The van der Waals surface area contributed by atoms with Gasteiger partial charge in [-0.2, -0.15) is 0 Å². The Morgan fingerprint density at radius 1 is 1.09 bits per heavy atom. The number of Topliss-reactive ketones (excluding diaryl/α,β-unsaturated/α-hetero) is 1. The van der Waals surface area contributed by atoms with Crippen molar-refractivity contribution in [2.75, 3.05) is 13.1 Å². The molecule has 3 rings (SSSR count). The Morgan fingerprint density at radius 2 is 1.83 bits per heavy atom. The molecule has 1 aliphatic rings. The van der Waals surface area contributed by atoms with E-state index in [1.54, 1.807) is 12.1 Å². The molecular formula is C19H21ClNO2-. The molecule has 0 heterocycles. The van der Waals surface area contributed by atoms with Gasteiger partial charge in [0.25, 0.3) is 0 Å². The lowest BCUT2D eigenvalue weighted by Crippen LogP contribution is -3.00. The highest BCUT2D eigenvalue weighted by Crippen LogP contribution is 2.24. The third kappa shape index (κ3) is 4.34. The molecule has 0 amide bonds. The number of halogens is 1. The molecule has 0 bridgehead atoms. The number of carbonyl (C=O) groups excluding carboxylic acids is 1. The highest BCUT2D eigenvalue weighted by atomic mass is 35.5. The van der Waals surface area contributed by atoms with Crippen molar-refractivity contribution in [1.29, 1.82) is 0 Å². The lowest BCUT2D eigenvalue weighted by molar-refractivity contribution is -0.0000138. The van der Waals surface area contributed by atoms with Gasteiger partial charge in [0.2, 0.25) is 0 Å². The maximum atomic E-state index is 12.5. The fourth-order valence-corrected chi connectivity index (χ4v) is 3.03. The van der Waals surface area contributed by atoms with Gasteiger partial charge in [0, 0.05) is 18.0 Å². The van der Waals surface area contributed by atoms with Crippen LogP contribution in [0.3, 0.4) is 0 Å². The predicted octanol–water partition coefficient (Wildman–Crippen LogP) is -0.0264. The van der Waals surface area contributed by atoms with Crippen molar-refractivity contribution in [3.8, 4) is 5.75 Å². The Hall–Kier alpha value is -1.84. The van der Waals surface area contributed by atoms with Gasteiger partial charge in [0.1, 0.15) is 5.75 Å². The van der Waals surface area contributed by atoms with E-state index in [0.29, 0.717) is 5.75 Å². The molecule has 0 radical (unpaired) electrons. The van der Waals surface area contributed by atoms with Crippen LogP contribution >= 0.6 is 0 Å². The summed E-state index contributed by atoms with van der Waals surface area (Å²) in [5, 5.41) is 12.7. The number of fused-ring (bicyclic) bond motifs is 1. The number of ketones is 1. The number of rotatable bonds is 5. The summed E-state index contributed by atoms with van der Waals surface area (Å²) in [7, 11) is 0. The molecule has 0 fully saturated rings. The molecule has 0 aliphatic heterocycles. The van der Waals surface area contributed by atoms with E-state index in [1.807, 2.05) is 30.3 Å². The van der Waals surface area contributed by atoms with Gasteiger partial charge in [-0.1, -0.05) is 36.4 Å². The summed E-state index contributed by atoms with van der Waals surface area (Å²) in [5.74, 6) is 0.664. The highest BCUT2D eigenvalue weighted by Gasteiger charge is 2.26. The van der Waals surface area contributed by atoms with E-state index in [2.05, 4.69) is 11.4 Å². The van der Waals surface area contributed by atoms with Crippen molar-refractivity contribution < 1.29 is 22.3 Å². The van der Waals surface area contributed by atoms with Crippen LogP contribution in [0.2, 0.25) is 0 Å². The minimum absolute atomic E-state index is 0. The van der Waals surface area contributed by atoms with Crippen LogP contribution in [0.25, 0.3) is 0 Å². The minimum atomic E-state index is 0. The molecule has 0 saturated heterocycles. The zero-order valence-electron chi connectivity index (χ0n) is 13.0. The Kier molecular flexibility index (Phi) is 6.20. The monoisotopic (exact) mass is 330 g/mol.